The van der Waals surface area contributed by atoms with Gasteiger partial charge in [0.15, 0.2) is 0 Å². The predicted octanol–water partition coefficient (Wildman–Crippen LogP) is 1.46. The van der Waals surface area contributed by atoms with Crippen molar-refractivity contribution in [3.05, 3.63) is 35.7 Å². The molecule has 2 fully saturated rings. The summed E-state index contributed by atoms with van der Waals surface area (Å²) >= 11 is 0. The van der Waals surface area contributed by atoms with E-state index in [1.165, 1.54) is 11.0 Å². The number of amides is 4. The van der Waals surface area contributed by atoms with Gasteiger partial charge >= 0.3 is 11.8 Å². The summed E-state index contributed by atoms with van der Waals surface area (Å²) in [4.78, 5) is 50.9. The molecule has 4 amide bonds. The van der Waals surface area contributed by atoms with Gasteiger partial charge in [-0.05, 0) is 38.0 Å². The van der Waals surface area contributed by atoms with Gasteiger partial charge in [0, 0.05) is 12.1 Å². The molecule has 1 aliphatic carbocycles. The van der Waals surface area contributed by atoms with Crippen LogP contribution < -0.4 is 15.5 Å². The SMILES string of the molecule is Cc1nonc1CNC(=O)C(=O)Nc1cccc(N2C(=O)CC3(CCCC3)C2=O)c1. The van der Waals surface area contributed by atoms with E-state index in [0.29, 0.717) is 22.8 Å². The largest absolute Gasteiger partial charge is 0.342 e. The van der Waals surface area contributed by atoms with Gasteiger partial charge in [0.05, 0.1) is 17.6 Å². The van der Waals surface area contributed by atoms with Crippen LogP contribution >= 0.6 is 0 Å². The summed E-state index contributed by atoms with van der Waals surface area (Å²) in [6.45, 7) is 1.67. The molecular weight excluding hydrogens is 390 g/mol. The van der Waals surface area contributed by atoms with Crippen molar-refractivity contribution in [2.45, 2.75) is 45.6 Å². The Bertz CT molecular complexity index is 1020. The molecule has 0 radical (unpaired) electrons. The van der Waals surface area contributed by atoms with Crippen LogP contribution in [0, 0.1) is 12.3 Å². The number of benzene rings is 1. The molecule has 1 saturated heterocycles. The Morgan fingerprint density at radius 3 is 2.63 bits per heavy atom. The predicted molar refractivity (Wildman–Crippen MR) is 104 cm³/mol. The molecule has 2 heterocycles. The van der Waals surface area contributed by atoms with Gasteiger partial charge in [-0.3, -0.25) is 19.2 Å². The van der Waals surface area contributed by atoms with Crippen LogP contribution in [-0.2, 0) is 25.7 Å². The van der Waals surface area contributed by atoms with Crippen LogP contribution in [0.25, 0.3) is 0 Å². The molecule has 0 bridgehead atoms. The highest BCUT2D eigenvalue weighted by molar-refractivity contribution is 6.39. The molecule has 0 atom stereocenters. The molecule has 30 heavy (non-hydrogen) atoms. The van der Waals surface area contributed by atoms with Gasteiger partial charge in [0.2, 0.25) is 11.8 Å². The third-order valence-corrected chi connectivity index (χ3v) is 5.69. The maximum Gasteiger partial charge on any atom is 0.313 e. The highest BCUT2D eigenvalue weighted by atomic mass is 16.6. The number of hydrogen-bond acceptors (Lipinski definition) is 7. The van der Waals surface area contributed by atoms with Crippen LogP contribution in [0.15, 0.2) is 28.9 Å². The Labute approximate surface area is 171 Å². The van der Waals surface area contributed by atoms with Crippen LogP contribution in [-0.4, -0.2) is 33.9 Å². The Kier molecular flexibility index (Phi) is 5.06. The van der Waals surface area contributed by atoms with Crippen molar-refractivity contribution in [1.29, 1.82) is 0 Å². The normalized spacial score (nSPS) is 17.6. The average Bonchev–Trinajstić information content (AvgIpc) is 3.41. The molecule has 1 aromatic carbocycles. The van der Waals surface area contributed by atoms with E-state index in [-0.39, 0.29) is 24.8 Å². The molecule has 2 aliphatic rings. The number of aryl methyl sites for hydroxylation is 1. The fraction of sp³-hybridized carbons (Fsp3) is 0.400. The minimum atomic E-state index is -0.882. The van der Waals surface area contributed by atoms with E-state index in [2.05, 4.69) is 25.6 Å². The smallest absolute Gasteiger partial charge is 0.313 e. The summed E-state index contributed by atoms with van der Waals surface area (Å²) in [6, 6.07) is 6.35. The Balaban J connectivity index is 1.42. The number of carbonyl (C=O) groups excluding carboxylic acids is 4. The Morgan fingerprint density at radius 1 is 1.17 bits per heavy atom. The summed E-state index contributed by atoms with van der Waals surface area (Å²) < 4.78 is 4.54. The molecule has 10 nitrogen and oxygen atoms in total. The number of hydrogen-bond donors (Lipinski definition) is 2. The fourth-order valence-corrected chi connectivity index (χ4v) is 4.06. The van der Waals surface area contributed by atoms with E-state index in [9.17, 15) is 19.2 Å². The molecule has 1 aromatic heterocycles. The highest BCUT2D eigenvalue weighted by Crippen LogP contribution is 2.48. The molecule has 0 unspecified atom stereocenters. The van der Waals surface area contributed by atoms with Crippen LogP contribution in [0.3, 0.4) is 0 Å². The standard InChI is InChI=1S/C20H21N5O5/c1-12-15(24-30-23-12)11-21-17(27)18(28)22-13-5-4-6-14(9-13)25-16(26)10-20(19(25)29)7-2-3-8-20/h4-6,9H,2-3,7-8,10-11H2,1H3,(H,21,27)(H,22,28). The number of nitrogens with one attached hydrogen (secondary N) is 2. The summed E-state index contributed by atoms with van der Waals surface area (Å²) in [5.41, 5.74) is 1.05. The lowest BCUT2D eigenvalue weighted by Gasteiger charge is -2.21. The summed E-state index contributed by atoms with van der Waals surface area (Å²) in [5, 5.41) is 12.1. The first kappa shape index (κ1) is 19.7. The van der Waals surface area contributed by atoms with E-state index in [4.69, 9.17) is 0 Å². The molecule has 2 aromatic rings. The van der Waals surface area contributed by atoms with E-state index in [1.807, 2.05) is 0 Å². The number of nitrogens with zero attached hydrogens (tertiary/aromatic N) is 3. The van der Waals surface area contributed by atoms with Crippen LogP contribution in [0.4, 0.5) is 11.4 Å². The van der Waals surface area contributed by atoms with Gasteiger partial charge in [-0.15, -0.1) is 0 Å². The lowest BCUT2D eigenvalue weighted by molar-refractivity contribution is -0.136. The molecule has 1 saturated carbocycles. The second kappa shape index (κ2) is 7.69. The second-order valence-electron chi connectivity index (χ2n) is 7.68. The van der Waals surface area contributed by atoms with Crippen LogP contribution in [0.1, 0.15) is 43.5 Å². The number of carbonyl (C=O) groups is 4. The zero-order chi connectivity index (χ0) is 21.3. The third-order valence-electron chi connectivity index (χ3n) is 5.69. The van der Waals surface area contributed by atoms with E-state index >= 15 is 0 Å². The summed E-state index contributed by atoms with van der Waals surface area (Å²) in [6.07, 6.45) is 3.57. The van der Waals surface area contributed by atoms with Crippen LogP contribution in [0.2, 0.25) is 0 Å². The molecule has 4 rings (SSSR count). The van der Waals surface area contributed by atoms with Gasteiger partial charge in [-0.25, -0.2) is 9.53 Å². The number of anilines is 2. The Hall–Kier alpha value is -3.56. The number of imide groups is 1. The molecule has 10 heteroatoms. The lowest BCUT2D eigenvalue weighted by atomic mass is 9.84. The lowest BCUT2D eigenvalue weighted by Crippen LogP contribution is -2.35. The van der Waals surface area contributed by atoms with Crippen molar-refractivity contribution in [2.75, 3.05) is 10.2 Å². The van der Waals surface area contributed by atoms with Crippen molar-refractivity contribution in [3.63, 3.8) is 0 Å². The fourth-order valence-electron chi connectivity index (χ4n) is 4.06. The highest BCUT2D eigenvalue weighted by Gasteiger charge is 2.53. The molecule has 2 N–H and O–H groups in total. The number of aromatic nitrogens is 2. The van der Waals surface area contributed by atoms with E-state index < -0.39 is 17.2 Å². The minimum absolute atomic E-state index is 0.000487. The molecule has 156 valence electrons. The summed E-state index contributed by atoms with van der Waals surface area (Å²) in [5.74, 6) is -2.16. The molecule has 1 aliphatic heterocycles. The zero-order valence-electron chi connectivity index (χ0n) is 16.4. The maximum absolute atomic E-state index is 12.9. The first-order valence-corrected chi connectivity index (χ1v) is 9.74. The van der Waals surface area contributed by atoms with Gasteiger partial charge < -0.3 is 10.6 Å². The van der Waals surface area contributed by atoms with Crippen LogP contribution in [0.5, 0.6) is 0 Å². The van der Waals surface area contributed by atoms with Crippen molar-refractivity contribution in [1.82, 2.24) is 15.6 Å². The van der Waals surface area contributed by atoms with Gasteiger partial charge in [0.1, 0.15) is 11.4 Å². The van der Waals surface area contributed by atoms with E-state index in [0.717, 1.165) is 25.7 Å². The third kappa shape index (κ3) is 3.56. The zero-order valence-corrected chi connectivity index (χ0v) is 16.4. The second-order valence-corrected chi connectivity index (χ2v) is 7.68. The quantitative estimate of drug-likeness (QED) is 0.574. The van der Waals surface area contributed by atoms with E-state index in [1.54, 1.807) is 25.1 Å². The van der Waals surface area contributed by atoms with Crippen molar-refractivity contribution in [3.8, 4) is 0 Å². The maximum atomic E-state index is 12.9. The monoisotopic (exact) mass is 411 g/mol. The number of rotatable bonds is 4. The first-order chi connectivity index (χ1) is 14.4. The Morgan fingerprint density at radius 2 is 1.93 bits per heavy atom. The van der Waals surface area contributed by atoms with Crippen molar-refractivity contribution >= 4 is 35.0 Å². The van der Waals surface area contributed by atoms with Gasteiger partial charge in [0.25, 0.3) is 0 Å². The molecular formula is C20H21N5O5. The topological polar surface area (TPSA) is 134 Å². The van der Waals surface area contributed by atoms with Crippen molar-refractivity contribution < 1.29 is 23.8 Å². The minimum Gasteiger partial charge on any atom is -0.342 e. The van der Waals surface area contributed by atoms with Gasteiger partial charge in [-0.2, -0.15) is 0 Å². The van der Waals surface area contributed by atoms with Crippen molar-refractivity contribution in [2.24, 2.45) is 5.41 Å². The van der Waals surface area contributed by atoms with Gasteiger partial charge in [-0.1, -0.05) is 29.2 Å². The first-order valence-electron chi connectivity index (χ1n) is 9.74. The summed E-state index contributed by atoms with van der Waals surface area (Å²) in [7, 11) is 0. The average molecular weight is 411 g/mol. The molecule has 1 spiro atoms.